The van der Waals surface area contributed by atoms with Crippen molar-refractivity contribution in [1.82, 2.24) is 34.7 Å². The van der Waals surface area contributed by atoms with Crippen LogP contribution in [0.1, 0.15) is 23.3 Å². The van der Waals surface area contributed by atoms with Gasteiger partial charge in [-0.05, 0) is 31.0 Å². The molecule has 1 aliphatic rings. The Morgan fingerprint density at radius 1 is 1.25 bits per heavy atom. The van der Waals surface area contributed by atoms with E-state index in [0.29, 0.717) is 12.2 Å². The first-order valence-corrected chi connectivity index (χ1v) is 7.92. The molecule has 122 valence electrons. The molecule has 3 aromatic rings. The summed E-state index contributed by atoms with van der Waals surface area (Å²) in [7, 11) is 0. The zero-order chi connectivity index (χ0) is 16.4. The minimum atomic E-state index is -0.0494. The molecule has 24 heavy (non-hydrogen) atoms. The van der Waals surface area contributed by atoms with Crippen molar-refractivity contribution in [2.45, 2.75) is 25.4 Å². The van der Waals surface area contributed by atoms with Crippen LogP contribution in [0.3, 0.4) is 0 Å². The zero-order valence-corrected chi connectivity index (χ0v) is 13.1. The maximum atomic E-state index is 12.9. The molecule has 1 amide bonds. The lowest BCUT2D eigenvalue weighted by atomic mass is 10.2. The summed E-state index contributed by atoms with van der Waals surface area (Å²) in [6.07, 6.45) is 10.6. The van der Waals surface area contributed by atoms with E-state index >= 15 is 0 Å². The topological polar surface area (TPSA) is 81.7 Å². The van der Waals surface area contributed by atoms with Crippen LogP contribution in [0.15, 0.2) is 49.2 Å². The fraction of sp³-hybridized carbons (Fsp3) is 0.312. The van der Waals surface area contributed by atoms with Crippen molar-refractivity contribution in [2.75, 3.05) is 6.54 Å². The van der Waals surface area contributed by atoms with Crippen molar-refractivity contribution in [3.8, 4) is 5.69 Å². The van der Waals surface area contributed by atoms with Crippen molar-refractivity contribution in [1.29, 1.82) is 0 Å². The maximum Gasteiger partial charge on any atom is 0.272 e. The van der Waals surface area contributed by atoms with Gasteiger partial charge in [0.2, 0.25) is 0 Å². The van der Waals surface area contributed by atoms with E-state index in [9.17, 15) is 4.79 Å². The molecule has 8 heteroatoms. The van der Waals surface area contributed by atoms with E-state index in [-0.39, 0.29) is 11.9 Å². The van der Waals surface area contributed by atoms with Crippen LogP contribution in [-0.4, -0.2) is 53.2 Å². The van der Waals surface area contributed by atoms with Crippen LogP contribution in [0.4, 0.5) is 0 Å². The number of pyridine rings is 1. The van der Waals surface area contributed by atoms with Crippen LogP contribution >= 0.6 is 0 Å². The second kappa shape index (κ2) is 6.23. The molecule has 0 unspecified atom stereocenters. The van der Waals surface area contributed by atoms with Gasteiger partial charge in [-0.1, -0.05) is 5.21 Å². The molecule has 4 heterocycles. The van der Waals surface area contributed by atoms with Crippen LogP contribution in [0.25, 0.3) is 5.69 Å². The molecule has 0 N–H and O–H groups in total. The fourth-order valence-corrected chi connectivity index (χ4v) is 3.09. The summed E-state index contributed by atoms with van der Waals surface area (Å²) in [5.74, 6) is -0.0494. The third-order valence-electron chi connectivity index (χ3n) is 4.24. The third kappa shape index (κ3) is 2.78. The highest BCUT2D eigenvalue weighted by Gasteiger charge is 2.30. The number of carbonyl (C=O) groups excluding carboxylic acids is 1. The molecule has 1 aliphatic heterocycles. The number of amides is 1. The van der Waals surface area contributed by atoms with Crippen molar-refractivity contribution >= 4 is 5.91 Å². The van der Waals surface area contributed by atoms with Gasteiger partial charge in [0.25, 0.3) is 5.91 Å². The number of nitrogens with zero attached hydrogens (tertiary/aromatic N) is 7. The van der Waals surface area contributed by atoms with E-state index in [0.717, 1.165) is 25.1 Å². The third-order valence-corrected chi connectivity index (χ3v) is 4.24. The van der Waals surface area contributed by atoms with E-state index in [1.807, 2.05) is 29.4 Å². The normalized spacial score (nSPS) is 17.3. The minimum Gasteiger partial charge on any atom is -0.332 e. The molecule has 1 fully saturated rings. The number of carbonyl (C=O) groups is 1. The van der Waals surface area contributed by atoms with E-state index in [2.05, 4.69) is 20.4 Å². The molecule has 0 bridgehead atoms. The molecule has 4 rings (SSSR count). The molecule has 1 saturated heterocycles. The molecule has 0 aromatic carbocycles. The van der Waals surface area contributed by atoms with Gasteiger partial charge in [-0.15, -0.1) is 5.10 Å². The maximum absolute atomic E-state index is 12.9. The average Bonchev–Trinajstić information content (AvgIpc) is 3.37. The van der Waals surface area contributed by atoms with Gasteiger partial charge in [0.1, 0.15) is 5.69 Å². The predicted octanol–water partition coefficient (Wildman–Crippen LogP) is 1.16. The number of hydrogen-bond donors (Lipinski definition) is 0. The largest absolute Gasteiger partial charge is 0.332 e. The second-order valence-corrected chi connectivity index (χ2v) is 5.77. The van der Waals surface area contributed by atoms with Crippen molar-refractivity contribution < 1.29 is 4.79 Å². The molecule has 0 aliphatic carbocycles. The number of likely N-dealkylation sites (tertiary alicyclic amines) is 1. The molecule has 0 spiro atoms. The number of aromatic nitrogens is 6. The van der Waals surface area contributed by atoms with Gasteiger partial charge in [-0.2, -0.15) is 5.10 Å². The predicted molar refractivity (Wildman–Crippen MR) is 85.4 cm³/mol. The molecule has 0 radical (unpaired) electrons. The monoisotopic (exact) mass is 323 g/mol. The van der Waals surface area contributed by atoms with Gasteiger partial charge in [0.05, 0.1) is 24.5 Å². The summed E-state index contributed by atoms with van der Waals surface area (Å²) in [6.45, 7) is 1.40. The highest BCUT2D eigenvalue weighted by molar-refractivity contribution is 5.93. The van der Waals surface area contributed by atoms with Crippen LogP contribution in [0.5, 0.6) is 0 Å². The molecule has 0 saturated carbocycles. The summed E-state index contributed by atoms with van der Waals surface area (Å²) in [6, 6.07) is 5.58. The average molecular weight is 323 g/mol. The van der Waals surface area contributed by atoms with Gasteiger partial charge < -0.3 is 4.90 Å². The second-order valence-electron chi connectivity index (χ2n) is 5.77. The summed E-state index contributed by atoms with van der Waals surface area (Å²) in [5, 5.41) is 12.0. The summed E-state index contributed by atoms with van der Waals surface area (Å²) in [5.41, 5.74) is 1.26. The first-order valence-electron chi connectivity index (χ1n) is 7.92. The number of hydrogen-bond acceptors (Lipinski definition) is 5. The highest BCUT2D eigenvalue weighted by atomic mass is 16.2. The molecule has 3 aromatic heterocycles. The van der Waals surface area contributed by atoms with Crippen LogP contribution in [0.2, 0.25) is 0 Å². The summed E-state index contributed by atoms with van der Waals surface area (Å²) < 4.78 is 3.49. The Morgan fingerprint density at radius 3 is 3.00 bits per heavy atom. The van der Waals surface area contributed by atoms with Gasteiger partial charge in [0, 0.05) is 31.3 Å². The molecule has 8 nitrogen and oxygen atoms in total. The Morgan fingerprint density at radius 2 is 2.21 bits per heavy atom. The van der Waals surface area contributed by atoms with E-state index in [4.69, 9.17) is 0 Å². The zero-order valence-electron chi connectivity index (χ0n) is 13.1. The summed E-state index contributed by atoms with van der Waals surface area (Å²) >= 11 is 0. The molecular weight excluding hydrogens is 306 g/mol. The SMILES string of the molecule is O=C(c1cc(-n2cccn2)ccn1)N1CCC[C@H]1Cn1ccnn1. The first kappa shape index (κ1) is 14.6. The molecular formula is C16H17N7O. The van der Waals surface area contributed by atoms with Gasteiger partial charge >= 0.3 is 0 Å². The van der Waals surface area contributed by atoms with Gasteiger partial charge in [-0.25, -0.2) is 4.68 Å². The van der Waals surface area contributed by atoms with Gasteiger partial charge in [0.15, 0.2) is 0 Å². The Hall–Kier alpha value is -3.03. The quantitative estimate of drug-likeness (QED) is 0.720. The summed E-state index contributed by atoms with van der Waals surface area (Å²) in [4.78, 5) is 19.0. The van der Waals surface area contributed by atoms with Crippen molar-refractivity contribution in [3.63, 3.8) is 0 Å². The van der Waals surface area contributed by atoms with Crippen molar-refractivity contribution in [3.05, 3.63) is 54.9 Å². The van der Waals surface area contributed by atoms with Crippen LogP contribution in [-0.2, 0) is 6.54 Å². The fourth-order valence-electron chi connectivity index (χ4n) is 3.09. The highest BCUT2D eigenvalue weighted by Crippen LogP contribution is 2.21. The molecule has 1 atom stereocenters. The standard InChI is InChI=1S/C16H17N7O/c24-16(15-11-13(4-6-17-15)23-9-2-5-19-23)22-8-1-3-14(22)12-21-10-7-18-20-21/h2,4-7,9-11,14H,1,3,8,12H2/t14-/m0/s1. The number of rotatable bonds is 4. The lowest BCUT2D eigenvalue weighted by Crippen LogP contribution is -2.38. The lowest BCUT2D eigenvalue weighted by molar-refractivity contribution is 0.0715. The van der Waals surface area contributed by atoms with Crippen LogP contribution in [0, 0.1) is 0 Å². The first-order chi connectivity index (χ1) is 11.8. The Balaban J connectivity index is 1.55. The lowest BCUT2D eigenvalue weighted by Gasteiger charge is -2.24. The van der Waals surface area contributed by atoms with E-state index in [1.54, 1.807) is 34.0 Å². The Kier molecular flexibility index (Phi) is 3.78. The van der Waals surface area contributed by atoms with E-state index < -0.39 is 0 Å². The Labute approximate surface area is 138 Å². The smallest absolute Gasteiger partial charge is 0.272 e. The van der Waals surface area contributed by atoms with Crippen LogP contribution < -0.4 is 0 Å². The minimum absolute atomic E-state index is 0.0494. The van der Waals surface area contributed by atoms with E-state index in [1.165, 1.54) is 0 Å². The van der Waals surface area contributed by atoms with Gasteiger partial charge in [-0.3, -0.25) is 14.5 Å². The van der Waals surface area contributed by atoms with Crippen molar-refractivity contribution in [2.24, 2.45) is 0 Å². The Bertz CT molecular complexity index is 813.